The van der Waals surface area contributed by atoms with Crippen LogP contribution in [0.2, 0.25) is 5.02 Å². The van der Waals surface area contributed by atoms with E-state index >= 15 is 0 Å². The van der Waals surface area contributed by atoms with Gasteiger partial charge >= 0.3 is 0 Å². The molecule has 0 saturated carbocycles. The predicted octanol–water partition coefficient (Wildman–Crippen LogP) is 3.23. The minimum atomic E-state index is -0.281. The second-order valence-electron chi connectivity index (χ2n) is 3.15. The molecular weight excluding hydrogens is 280 g/mol. The molecule has 86 valence electrons. The molecule has 0 bridgehead atoms. The molecule has 0 unspecified atom stereocenters. The lowest BCUT2D eigenvalue weighted by Crippen LogP contribution is -2.17. The molecule has 0 radical (unpaired) electrons. The van der Waals surface area contributed by atoms with Gasteiger partial charge in [-0.05, 0) is 29.5 Å². The molecule has 1 aliphatic heterocycles. The summed E-state index contributed by atoms with van der Waals surface area (Å²) in [5.74, 6) is -0.281. The number of rotatable bonds is 2. The first-order chi connectivity index (χ1) is 8.10. The third-order valence-electron chi connectivity index (χ3n) is 2.02. The van der Waals surface area contributed by atoms with Crippen LogP contribution in [0.3, 0.4) is 0 Å². The van der Waals surface area contributed by atoms with Gasteiger partial charge in [0.2, 0.25) is 0 Å². The Labute approximate surface area is 111 Å². The maximum atomic E-state index is 11.4. The molecule has 1 amide bonds. The number of benzene rings is 1. The van der Waals surface area contributed by atoms with Gasteiger partial charge in [0.15, 0.2) is 0 Å². The van der Waals surface area contributed by atoms with Gasteiger partial charge in [-0.15, -0.1) is 4.91 Å². The molecule has 0 spiro atoms. The fourth-order valence-electron chi connectivity index (χ4n) is 1.29. The zero-order chi connectivity index (χ0) is 12.4. The lowest BCUT2D eigenvalue weighted by Gasteiger charge is -1.99. The smallest absolute Gasteiger partial charge is 0.263 e. The molecular formula is C10H5ClN2O2S2. The molecule has 1 fully saturated rings. The molecule has 1 N–H and O–H groups in total. The number of thioether (sulfide) groups is 1. The Kier molecular flexibility index (Phi) is 3.56. The quantitative estimate of drug-likeness (QED) is 0.515. The van der Waals surface area contributed by atoms with Crippen molar-refractivity contribution in [3.8, 4) is 0 Å². The summed E-state index contributed by atoms with van der Waals surface area (Å²) in [5.41, 5.74) is 0.725. The highest BCUT2D eigenvalue weighted by atomic mass is 35.5. The number of nitrogens with zero attached hydrogens (tertiary/aromatic N) is 1. The van der Waals surface area contributed by atoms with E-state index in [2.05, 4.69) is 10.5 Å². The lowest BCUT2D eigenvalue weighted by atomic mass is 10.1. The molecule has 1 aromatic carbocycles. The second-order valence-corrected chi connectivity index (χ2v) is 5.30. The summed E-state index contributed by atoms with van der Waals surface area (Å²) in [6.07, 6.45) is 1.54. The highest BCUT2D eigenvalue weighted by molar-refractivity contribution is 8.26. The predicted molar refractivity (Wildman–Crippen MR) is 73.2 cm³/mol. The average Bonchev–Trinajstić information content (AvgIpc) is 2.58. The van der Waals surface area contributed by atoms with Crippen LogP contribution in [-0.4, -0.2) is 10.2 Å². The molecule has 1 heterocycles. The van der Waals surface area contributed by atoms with Crippen LogP contribution in [0.25, 0.3) is 6.08 Å². The highest BCUT2D eigenvalue weighted by Crippen LogP contribution is 2.30. The molecule has 0 aromatic heterocycles. The molecule has 1 saturated heterocycles. The fraction of sp³-hybridized carbons (Fsp3) is 0. The van der Waals surface area contributed by atoms with Crippen LogP contribution in [0.4, 0.5) is 5.69 Å². The van der Waals surface area contributed by atoms with E-state index < -0.39 is 0 Å². The molecule has 2 rings (SSSR count). The summed E-state index contributed by atoms with van der Waals surface area (Å²) in [7, 11) is 0. The van der Waals surface area contributed by atoms with Gasteiger partial charge in [-0.2, -0.15) is 0 Å². The van der Waals surface area contributed by atoms with Crippen LogP contribution >= 0.6 is 35.6 Å². The Bertz CT molecular complexity index is 557. The van der Waals surface area contributed by atoms with Crippen LogP contribution in [0.1, 0.15) is 5.56 Å². The zero-order valence-electron chi connectivity index (χ0n) is 8.27. The number of nitroso groups, excluding NO2 is 1. The normalized spacial score (nSPS) is 17.4. The minimum Gasteiger partial charge on any atom is -0.307 e. The monoisotopic (exact) mass is 284 g/mol. The van der Waals surface area contributed by atoms with Gasteiger partial charge in [-0.3, -0.25) is 4.79 Å². The molecule has 0 aliphatic carbocycles. The molecule has 0 atom stereocenters. The van der Waals surface area contributed by atoms with Gasteiger partial charge in [0, 0.05) is 10.6 Å². The first-order valence-electron chi connectivity index (χ1n) is 4.48. The standard InChI is InChI=1S/C10H5ClN2O2S2/c11-6-1-2-7(13-15)5(3-6)4-8-9(14)12-10(16)17-8/h1-4H,(H,12,14,16)/b8-4-. The topological polar surface area (TPSA) is 58.5 Å². The van der Waals surface area contributed by atoms with E-state index in [1.807, 2.05) is 0 Å². The van der Waals surface area contributed by atoms with E-state index in [9.17, 15) is 9.70 Å². The molecule has 1 aliphatic rings. The maximum Gasteiger partial charge on any atom is 0.263 e. The summed E-state index contributed by atoms with van der Waals surface area (Å²) in [6.45, 7) is 0. The first kappa shape index (κ1) is 12.2. The van der Waals surface area contributed by atoms with Crippen molar-refractivity contribution < 1.29 is 4.79 Å². The third kappa shape index (κ3) is 2.71. The van der Waals surface area contributed by atoms with E-state index in [0.717, 1.165) is 11.8 Å². The first-order valence-corrected chi connectivity index (χ1v) is 6.08. The number of carbonyl (C=O) groups is 1. The van der Waals surface area contributed by atoms with E-state index in [0.29, 0.717) is 19.8 Å². The largest absolute Gasteiger partial charge is 0.307 e. The van der Waals surface area contributed by atoms with Crippen LogP contribution < -0.4 is 5.32 Å². The summed E-state index contributed by atoms with van der Waals surface area (Å²) in [5, 5.41) is 5.82. The Morgan fingerprint density at radius 3 is 2.82 bits per heavy atom. The molecule has 17 heavy (non-hydrogen) atoms. The van der Waals surface area contributed by atoms with Gasteiger partial charge in [0.05, 0.1) is 4.91 Å². The highest BCUT2D eigenvalue weighted by Gasteiger charge is 2.22. The van der Waals surface area contributed by atoms with Crippen molar-refractivity contribution in [3.05, 3.63) is 38.6 Å². The summed E-state index contributed by atoms with van der Waals surface area (Å²) >= 11 is 11.8. The average molecular weight is 285 g/mol. The van der Waals surface area contributed by atoms with E-state index in [-0.39, 0.29) is 11.6 Å². The maximum absolute atomic E-state index is 11.4. The van der Waals surface area contributed by atoms with Crippen molar-refractivity contribution >= 4 is 57.6 Å². The van der Waals surface area contributed by atoms with Crippen molar-refractivity contribution in [1.29, 1.82) is 0 Å². The second kappa shape index (κ2) is 4.95. The number of thiocarbonyl (C=S) groups is 1. The number of amides is 1. The minimum absolute atomic E-state index is 0.230. The summed E-state index contributed by atoms with van der Waals surface area (Å²) in [6, 6.07) is 4.63. The van der Waals surface area contributed by atoms with Crippen molar-refractivity contribution in [2.24, 2.45) is 5.18 Å². The Balaban J connectivity index is 2.44. The molecule has 7 heteroatoms. The van der Waals surface area contributed by atoms with Gasteiger partial charge < -0.3 is 5.32 Å². The van der Waals surface area contributed by atoms with Crippen molar-refractivity contribution in [2.75, 3.05) is 0 Å². The molecule has 4 nitrogen and oxygen atoms in total. The number of halogens is 1. The molecule has 1 aromatic rings. The van der Waals surface area contributed by atoms with Crippen LogP contribution in [0.15, 0.2) is 28.3 Å². The Hall–Kier alpha value is -1.24. The van der Waals surface area contributed by atoms with Gasteiger partial charge in [0.25, 0.3) is 5.91 Å². The van der Waals surface area contributed by atoms with E-state index in [1.165, 1.54) is 6.07 Å². The third-order valence-corrected chi connectivity index (χ3v) is 3.41. The Morgan fingerprint density at radius 1 is 1.47 bits per heavy atom. The number of hydrogen-bond acceptors (Lipinski definition) is 5. The van der Waals surface area contributed by atoms with Gasteiger partial charge in [0.1, 0.15) is 10.0 Å². The van der Waals surface area contributed by atoms with Crippen molar-refractivity contribution in [3.63, 3.8) is 0 Å². The number of carbonyl (C=O) groups excluding carboxylic acids is 1. The van der Waals surface area contributed by atoms with Gasteiger partial charge in [-0.25, -0.2) is 0 Å². The fourth-order valence-corrected chi connectivity index (χ4v) is 2.50. The van der Waals surface area contributed by atoms with Crippen LogP contribution in [-0.2, 0) is 4.79 Å². The van der Waals surface area contributed by atoms with Gasteiger partial charge in [-0.1, -0.05) is 35.6 Å². The SMILES string of the molecule is O=Nc1ccc(Cl)cc1/C=C1\SC(=S)NC1=O. The van der Waals surface area contributed by atoms with Crippen molar-refractivity contribution in [2.45, 2.75) is 0 Å². The van der Waals surface area contributed by atoms with Crippen LogP contribution in [0, 0.1) is 4.91 Å². The zero-order valence-corrected chi connectivity index (χ0v) is 10.7. The number of hydrogen-bond donors (Lipinski definition) is 1. The van der Waals surface area contributed by atoms with Crippen LogP contribution in [0.5, 0.6) is 0 Å². The lowest BCUT2D eigenvalue weighted by molar-refractivity contribution is -0.115. The van der Waals surface area contributed by atoms with E-state index in [4.69, 9.17) is 23.8 Å². The van der Waals surface area contributed by atoms with Crippen molar-refractivity contribution in [1.82, 2.24) is 5.32 Å². The Morgan fingerprint density at radius 2 is 2.24 bits per heavy atom. The summed E-state index contributed by atoms with van der Waals surface area (Å²) < 4.78 is 0.392. The number of nitrogens with one attached hydrogen (secondary N) is 1. The van der Waals surface area contributed by atoms with E-state index in [1.54, 1.807) is 18.2 Å². The summed E-state index contributed by atoms with van der Waals surface area (Å²) in [4.78, 5) is 22.5.